The minimum absolute atomic E-state index is 0. The first-order chi connectivity index (χ1) is 10.7. The fourth-order valence-electron chi connectivity index (χ4n) is 2.80. The number of hydrogen-bond donors (Lipinski definition) is 2. The van der Waals surface area contributed by atoms with Crippen LogP contribution in [0.5, 0.6) is 11.5 Å². The van der Waals surface area contributed by atoms with Crippen molar-refractivity contribution in [3.63, 3.8) is 0 Å². The summed E-state index contributed by atoms with van der Waals surface area (Å²) in [6, 6.07) is 4.24. The van der Waals surface area contributed by atoms with Crippen LogP contribution in [0.4, 0.5) is 0 Å². The molecule has 0 spiro atoms. The van der Waals surface area contributed by atoms with E-state index >= 15 is 0 Å². The van der Waals surface area contributed by atoms with E-state index < -0.39 is 0 Å². The molecule has 3 rings (SSSR count). The predicted octanol–water partition coefficient (Wildman–Crippen LogP) is 3.15. The zero-order chi connectivity index (χ0) is 15.5. The Balaban J connectivity index is 0.00000192. The zero-order valence-electron chi connectivity index (χ0n) is 13.8. The molecule has 1 aromatic carbocycles. The maximum Gasteiger partial charge on any atom is 0.124 e. The van der Waals surface area contributed by atoms with Crippen molar-refractivity contribution in [1.29, 1.82) is 0 Å². The molecule has 1 aromatic heterocycles. The van der Waals surface area contributed by atoms with Crippen LogP contribution in [0, 0.1) is 6.92 Å². The molecular formula is C17H24ClN3O2. The Morgan fingerprint density at radius 3 is 2.83 bits per heavy atom. The molecule has 0 bridgehead atoms. The Morgan fingerprint density at radius 1 is 1.35 bits per heavy atom. The maximum atomic E-state index is 5.85. The lowest BCUT2D eigenvalue weighted by Crippen LogP contribution is -2.14. The zero-order valence-corrected chi connectivity index (χ0v) is 14.6. The van der Waals surface area contributed by atoms with Gasteiger partial charge in [-0.2, -0.15) is 5.10 Å². The van der Waals surface area contributed by atoms with Gasteiger partial charge in [0, 0.05) is 41.9 Å². The van der Waals surface area contributed by atoms with Gasteiger partial charge in [0.1, 0.15) is 17.6 Å². The first-order valence-electron chi connectivity index (χ1n) is 7.82. The molecule has 5 nitrogen and oxygen atoms in total. The van der Waals surface area contributed by atoms with Crippen molar-refractivity contribution in [2.24, 2.45) is 0 Å². The lowest BCUT2D eigenvalue weighted by Gasteiger charge is -2.13. The normalized spacial score (nSPS) is 15.7. The Kier molecular flexibility index (Phi) is 5.91. The number of aryl methyl sites for hydroxylation is 1. The standard InChI is InChI=1S/C17H23N3O2.ClH/c1-4-21-16-6-13-5-11(2)22-17(13)7-14(16)8-18-9-15-10-19-20-12(15)3;/h6-7,10-11,18H,4-5,8-9H2,1-3H3,(H,19,20);1H. The first-order valence-corrected chi connectivity index (χ1v) is 7.82. The van der Waals surface area contributed by atoms with Crippen molar-refractivity contribution in [2.45, 2.75) is 46.4 Å². The smallest absolute Gasteiger partial charge is 0.124 e. The Labute approximate surface area is 143 Å². The van der Waals surface area contributed by atoms with Crippen LogP contribution in [0.3, 0.4) is 0 Å². The maximum absolute atomic E-state index is 5.85. The fraction of sp³-hybridized carbons (Fsp3) is 0.471. The molecule has 0 aliphatic carbocycles. The predicted molar refractivity (Wildman–Crippen MR) is 92.5 cm³/mol. The molecule has 1 unspecified atom stereocenters. The largest absolute Gasteiger partial charge is 0.494 e. The monoisotopic (exact) mass is 337 g/mol. The molecule has 1 aliphatic rings. The van der Waals surface area contributed by atoms with E-state index in [-0.39, 0.29) is 18.5 Å². The van der Waals surface area contributed by atoms with Gasteiger partial charge in [-0.05, 0) is 32.9 Å². The summed E-state index contributed by atoms with van der Waals surface area (Å²) in [6.45, 7) is 8.33. The van der Waals surface area contributed by atoms with E-state index in [2.05, 4.69) is 34.6 Å². The lowest BCUT2D eigenvalue weighted by atomic mass is 10.1. The van der Waals surface area contributed by atoms with Gasteiger partial charge in [0.05, 0.1) is 12.8 Å². The van der Waals surface area contributed by atoms with Gasteiger partial charge in [-0.15, -0.1) is 12.4 Å². The number of fused-ring (bicyclic) bond motifs is 1. The van der Waals surface area contributed by atoms with E-state index in [4.69, 9.17) is 9.47 Å². The van der Waals surface area contributed by atoms with E-state index in [1.54, 1.807) is 0 Å². The number of nitrogens with zero attached hydrogens (tertiary/aromatic N) is 1. The number of H-pyrrole nitrogens is 1. The number of aromatic amines is 1. The summed E-state index contributed by atoms with van der Waals surface area (Å²) in [7, 11) is 0. The van der Waals surface area contributed by atoms with Crippen LogP contribution in [-0.4, -0.2) is 22.9 Å². The van der Waals surface area contributed by atoms with Crippen LogP contribution >= 0.6 is 12.4 Å². The highest BCUT2D eigenvalue weighted by atomic mass is 35.5. The number of benzene rings is 1. The van der Waals surface area contributed by atoms with E-state index in [0.29, 0.717) is 6.61 Å². The quantitative estimate of drug-likeness (QED) is 0.850. The van der Waals surface area contributed by atoms with Gasteiger partial charge in [0.25, 0.3) is 0 Å². The molecule has 126 valence electrons. The van der Waals surface area contributed by atoms with Crippen LogP contribution in [0.1, 0.15) is 36.2 Å². The molecule has 2 heterocycles. The summed E-state index contributed by atoms with van der Waals surface area (Å²) in [5.41, 5.74) is 4.66. The highest BCUT2D eigenvalue weighted by Crippen LogP contribution is 2.35. The van der Waals surface area contributed by atoms with Gasteiger partial charge in [0.2, 0.25) is 0 Å². The summed E-state index contributed by atoms with van der Waals surface area (Å²) >= 11 is 0. The molecule has 0 saturated heterocycles. The third-order valence-corrected chi connectivity index (χ3v) is 3.94. The first kappa shape index (κ1) is 17.6. The van der Waals surface area contributed by atoms with E-state index in [0.717, 1.165) is 42.3 Å². The molecule has 0 fully saturated rings. The number of halogens is 1. The van der Waals surface area contributed by atoms with Crippen LogP contribution in [0.15, 0.2) is 18.3 Å². The molecule has 0 amide bonds. The molecule has 0 radical (unpaired) electrons. The Morgan fingerprint density at radius 2 is 2.13 bits per heavy atom. The summed E-state index contributed by atoms with van der Waals surface area (Å²) in [5, 5.41) is 10.4. The second-order valence-electron chi connectivity index (χ2n) is 5.76. The number of hydrogen-bond acceptors (Lipinski definition) is 4. The second kappa shape index (κ2) is 7.70. The summed E-state index contributed by atoms with van der Waals surface area (Å²) in [4.78, 5) is 0. The van der Waals surface area contributed by atoms with Gasteiger partial charge in [-0.1, -0.05) is 0 Å². The average Bonchev–Trinajstić information content (AvgIpc) is 3.04. The van der Waals surface area contributed by atoms with Crippen molar-refractivity contribution >= 4 is 12.4 Å². The lowest BCUT2D eigenvalue weighted by molar-refractivity contribution is 0.254. The number of ether oxygens (including phenoxy) is 2. The molecule has 1 atom stereocenters. The van der Waals surface area contributed by atoms with E-state index in [1.807, 2.05) is 20.0 Å². The van der Waals surface area contributed by atoms with Crippen molar-refractivity contribution in [3.05, 3.63) is 40.7 Å². The molecular weight excluding hydrogens is 314 g/mol. The van der Waals surface area contributed by atoms with Crippen molar-refractivity contribution in [1.82, 2.24) is 15.5 Å². The topological polar surface area (TPSA) is 59.2 Å². The van der Waals surface area contributed by atoms with E-state index in [1.165, 1.54) is 11.1 Å². The van der Waals surface area contributed by atoms with Gasteiger partial charge in [0.15, 0.2) is 0 Å². The van der Waals surface area contributed by atoms with E-state index in [9.17, 15) is 0 Å². The third kappa shape index (κ3) is 3.98. The third-order valence-electron chi connectivity index (χ3n) is 3.94. The number of rotatable bonds is 6. The van der Waals surface area contributed by atoms with Crippen LogP contribution in [-0.2, 0) is 19.5 Å². The molecule has 23 heavy (non-hydrogen) atoms. The molecule has 2 aromatic rings. The van der Waals surface area contributed by atoms with Gasteiger partial charge < -0.3 is 14.8 Å². The van der Waals surface area contributed by atoms with Crippen molar-refractivity contribution < 1.29 is 9.47 Å². The molecule has 6 heteroatoms. The highest BCUT2D eigenvalue weighted by Gasteiger charge is 2.21. The Bertz CT molecular complexity index is 657. The van der Waals surface area contributed by atoms with Crippen molar-refractivity contribution in [2.75, 3.05) is 6.61 Å². The van der Waals surface area contributed by atoms with Gasteiger partial charge in [-0.25, -0.2) is 0 Å². The Hall–Kier alpha value is -1.72. The second-order valence-corrected chi connectivity index (χ2v) is 5.76. The van der Waals surface area contributed by atoms with Crippen LogP contribution in [0.2, 0.25) is 0 Å². The SMILES string of the molecule is CCOc1cc2c(cc1CNCc1cn[nH]c1C)OC(C)C2.Cl. The fourth-order valence-corrected chi connectivity index (χ4v) is 2.80. The average molecular weight is 338 g/mol. The molecule has 2 N–H and O–H groups in total. The number of aromatic nitrogens is 2. The van der Waals surface area contributed by atoms with Crippen molar-refractivity contribution in [3.8, 4) is 11.5 Å². The highest BCUT2D eigenvalue weighted by molar-refractivity contribution is 5.85. The molecule has 1 aliphatic heterocycles. The summed E-state index contributed by atoms with van der Waals surface area (Å²) < 4.78 is 11.6. The minimum atomic E-state index is 0. The summed E-state index contributed by atoms with van der Waals surface area (Å²) in [5.74, 6) is 1.95. The molecule has 0 saturated carbocycles. The number of nitrogens with one attached hydrogen (secondary N) is 2. The van der Waals surface area contributed by atoms with Gasteiger partial charge >= 0.3 is 0 Å². The summed E-state index contributed by atoms with van der Waals surface area (Å²) in [6.07, 6.45) is 3.07. The van der Waals surface area contributed by atoms with Crippen LogP contribution in [0.25, 0.3) is 0 Å². The van der Waals surface area contributed by atoms with Gasteiger partial charge in [-0.3, -0.25) is 5.10 Å². The minimum Gasteiger partial charge on any atom is -0.494 e. The van der Waals surface area contributed by atoms with Crippen LogP contribution < -0.4 is 14.8 Å².